The molecule has 1 aromatic carbocycles. The topological polar surface area (TPSA) is 69.7 Å². The Hall–Kier alpha value is -2.90. The van der Waals surface area contributed by atoms with Crippen LogP contribution in [0.4, 0.5) is 0 Å². The number of amides is 1. The quantitative estimate of drug-likeness (QED) is 0.459. The standard InChI is InChI=1S/C27H33N3O4/c31-26(25-7-6-24(34-25)19-29-15-12-28-21-29)30-13-10-27(11-14-30)18-22(9-17-33-27)8-16-32-20-23-4-2-1-3-5-23/h1-7,12,15,21-22H,8-11,13-14,16-20H2. The van der Waals surface area contributed by atoms with Crippen LogP contribution >= 0.6 is 0 Å². The molecule has 7 nitrogen and oxygen atoms in total. The first-order valence-electron chi connectivity index (χ1n) is 12.3. The Balaban J connectivity index is 1.08. The molecule has 180 valence electrons. The van der Waals surface area contributed by atoms with Crippen molar-refractivity contribution >= 4 is 5.91 Å². The Morgan fingerprint density at radius 1 is 1.15 bits per heavy atom. The Morgan fingerprint density at radius 2 is 2.00 bits per heavy atom. The van der Waals surface area contributed by atoms with Crippen molar-refractivity contribution in [2.24, 2.45) is 5.92 Å². The van der Waals surface area contributed by atoms with E-state index < -0.39 is 0 Å². The molecule has 0 N–H and O–H groups in total. The first kappa shape index (κ1) is 22.9. The predicted octanol–water partition coefficient (Wildman–Crippen LogP) is 4.53. The van der Waals surface area contributed by atoms with Crippen LogP contribution in [-0.4, -0.2) is 52.3 Å². The van der Waals surface area contributed by atoms with Crippen LogP contribution in [0.2, 0.25) is 0 Å². The molecule has 0 bridgehead atoms. The first-order chi connectivity index (χ1) is 16.7. The zero-order valence-electron chi connectivity index (χ0n) is 19.6. The van der Waals surface area contributed by atoms with E-state index in [1.165, 1.54) is 5.56 Å². The third-order valence-corrected chi connectivity index (χ3v) is 7.11. The fraction of sp³-hybridized carbons (Fsp3) is 0.481. The monoisotopic (exact) mass is 463 g/mol. The first-order valence-corrected chi connectivity index (χ1v) is 12.3. The zero-order valence-corrected chi connectivity index (χ0v) is 19.6. The molecule has 5 rings (SSSR count). The number of carbonyl (C=O) groups is 1. The van der Waals surface area contributed by atoms with E-state index in [1.807, 2.05) is 39.9 Å². The number of piperidine rings is 1. The van der Waals surface area contributed by atoms with E-state index >= 15 is 0 Å². The van der Waals surface area contributed by atoms with Crippen LogP contribution in [-0.2, 0) is 22.6 Å². The number of hydrogen-bond acceptors (Lipinski definition) is 5. The average Bonchev–Trinajstić information content (AvgIpc) is 3.56. The van der Waals surface area contributed by atoms with Crippen molar-refractivity contribution in [1.82, 2.24) is 14.5 Å². The highest BCUT2D eigenvalue weighted by Gasteiger charge is 2.41. The van der Waals surface area contributed by atoms with Gasteiger partial charge in [0.1, 0.15) is 5.76 Å². The summed E-state index contributed by atoms with van der Waals surface area (Å²) in [6.07, 6.45) is 10.3. The van der Waals surface area contributed by atoms with Crippen LogP contribution in [0.3, 0.4) is 0 Å². The van der Waals surface area contributed by atoms with Crippen LogP contribution in [0.25, 0.3) is 0 Å². The molecule has 1 atom stereocenters. The maximum Gasteiger partial charge on any atom is 0.289 e. The van der Waals surface area contributed by atoms with Gasteiger partial charge in [0.05, 0.1) is 25.1 Å². The van der Waals surface area contributed by atoms with Crippen LogP contribution in [0.5, 0.6) is 0 Å². The van der Waals surface area contributed by atoms with Crippen molar-refractivity contribution in [3.8, 4) is 0 Å². The fourth-order valence-corrected chi connectivity index (χ4v) is 5.15. The summed E-state index contributed by atoms with van der Waals surface area (Å²) in [4.78, 5) is 18.9. The SMILES string of the molecule is O=C(c1ccc(Cn2ccnc2)o1)N1CCC2(CC1)CC(CCOCc1ccccc1)CCO2. The van der Waals surface area contributed by atoms with Gasteiger partial charge in [0.2, 0.25) is 0 Å². The second-order valence-corrected chi connectivity index (χ2v) is 9.51. The van der Waals surface area contributed by atoms with Crippen LogP contribution in [0, 0.1) is 5.92 Å². The summed E-state index contributed by atoms with van der Waals surface area (Å²) in [7, 11) is 0. The molecule has 1 amide bonds. The van der Waals surface area contributed by atoms with Crippen molar-refractivity contribution in [3.05, 3.63) is 78.3 Å². The smallest absolute Gasteiger partial charge is 0.289 e. The lowest BCUT2D eigenvalue weighted by atomic mass is 9.78. The van der Waals surface area contributed by atoms with Crippen molar-refractivity contribution < 1.29 is 18.7 Å². The molecule has 0 radical (unpaired) electrons. The third kappa shape index (κ3) is 5.59. The normalized spacial score (nSPS) is 20.0. The molecule has 2 aliphatic rings. The van der Waals surface area contributed by atoms with E-state index in [9.17, 15) is 4.79 Å². The molecule has 1 spiro atoms. The molecule has 34 heavy (non-hydrogen) atoms. The van der Waals surface area contributed by atoms with E-state index in [2.05, 4.69) is 17.1 Å². The van der Waals surface area contributed by atoms with Crippen molar-refractivity contribution in [2.45, 2.75) is 50.9 Å². The van der Waals surface area contributed by atoms with E-state index in [1.54, 1.807) is 18.6 Å². The number of benzene rings is 1. The Labute approximate surface area is 200 Å². The minimum absolute atomic E-state index is 0.0339. The van der Waals surface area contributed by atoms with Crippen molar-refractivity contribution in [2.75, 3.05) is 26.3 Å². The van der Waals surface area contributed by atoms with Gasteiger partial charge in [0.15, 0.2) is 5.76 Å². The van der Waals surface area contributed by atoms with Gasteiger partial charge in [-0.05, 0) is 55.7 Å². The van der Waals surface area contributed by atoms with Gasteiger partial charge in [-0.1, -0.05) is 30.3 Å². The zero-order chi connectivity index (χ0) is 23.2. The number of likely N-dealkylation sites (tertiary alicyclic amines) is 1. The number of rotatable bonds is 8. The highest BCUT2D eigenvalue weighted by molar-refractivity contribution is 5.91. The summed E-state index contributed by atoms with van der Waals surface area (Å²) >= 11 is 0. The maximum atomic E-state index is 13.0. The molecule has 2 saturated heterocycles. The number of nitrogens with zero attached hydrogens (tertiary/aromatic N) is 3. The Bertz CT molecular complexity index is 1040. The highest BCUT2D eigenvalue weighted by Crippen LogP contribution is 2.39. The molecule has 4 heterocycles. The molecule has 3 aromatic rings. The highest BCUT2D eigenvalue weighted by atomic mass is 16.5. The molecule has 0 saturated carbocycles. The van der Waals surface area contributed by atoms with Crippen LogP contribution < -0.4 is 0 Å². The molecular weight excluding hydrogens is 430 g/mol. The summed E-state index contributed by atoms with van der Waals surface area (Å²) in [6.45, 7) is 4.22. The molecule has 2 aliphatic heterocycles. The van der Waals surface area contributed by atoms with E-state index in [4.69, 9.17) is 13.9 Å². The van der Waals surface area contributed by atoms with Crippen molar-refractivity contribution in [1.29, 1.82) is 0 Å². The summed E-state index contributed by atoms with van der Waals surface area (Å²) in [6, 6.07) is 14.0. The molecule has 7 heteroatoms. The lowest BCUT2D eigenvalue weighted by Crippen LogP contribution is -2.50. The third-order valence-electron chi connectivity index (χ3n) is 7.11. The number of ether oxygens (including phenoxy) is 2. The maximum absolute atomic E-state index is 13.0. The number of hydrogen-bond donors (Lipinski definition) is 0. The Kier molecular flexibility index (Phi) is 7.11. The fourth-order valence-electron chi connectivity index (χ4n) is 5.15. The van der Waals surface area contributed by atoms with Gasteiger partial charge >= 0.3 is 0 Å². The number of imidazole rings is 1. The van der Waals surface area contributed by atoms with E-state index in [0.29, 0.717) is 37.9 Å². The number of furan rings is 1. The second kappa shape index (κ2) is 10.6. The summed E-state index contributed by atoms with van der Waals surface area (Å²) < 4.78 is 20.0. The predicted molar refractivity (Wildman–Crippen MR) is 127 cm³/mol. The van der Waals surface area contributed by atoms with E-state index in [0.717, 1.165) is 51.1 Å². The summed E-state index contributed by atoms with van der Waals surface area (Å²) in [5.74, 6) is 1.74. The van der Waals surface area contributed by atoms with Gasteiger partial charge in [-0.15, -0.1) is 0 Å². The van der Waals surface area contributed by atoms with Gasteiger partial charge in [0, 0.05) is 38.7 Å². The molecule has 2 aromatic heterocycles. The van der Waals surface area contributed by atoms with Gasteiger partial charge in [-0.3, -0.25) is 4.79 Å². The summed E-state index contributed by atoms with van der Waals surface area (Å²) in [5, 5.41) is 0. The lowest BCUT2D eigenvalue weighted by Gasteiger charge is -2.46. The molecular formula is C27H33N3O4. The lowest BCUT2D eigenvalue weighted by molar-refractivity contribution is -0.126. The second-order valence-electron chi connectivity index (χ2n) is 9.51. The molecule has 1 unspecified atom stereocenters. The van der Waals surface area contributed by atoms with E-state index in [-0.39, 0.29) is 11.5 Å². The van der Waals surface area contributed by atoms with Gasteiger partial charge in [-0.2, -0.15) is 0 Å². The largest absolute Gasteiger partial charge is 0.454 e. The number of aromatic nitrogens is 2. The van der Waals surface area contributed by atoms with Crippen LogP contribution in [0.1, 0.15) is 54.0 Å². The molecule has 0 aliphatic carbocycles. The minimum Gasteiger partial charge on any atom is -0.454 e. The molecule has 2 fully saturated rings. The Morgan fingerprint density at radius 3 is 2.79 bits per heavy atom. The van der Waals surface area contributed by atoms with Crippen molar-refractivity contribution in [3.63, 3.8) is 0 Å². The number of carbonyl (C=O) groups excluding carboxylic acids is 1. The van der Waals surface area contributed by atoms with Crippen LogP contribution in [0.15, 0.2) is 65.6 Å². The minimum atomic E-state index is -0.102. The average molecular weight is 464 g/mol. The van der Waals surface area contributed by atoms with Gasteiger partial charge in [0.25, 0.3) is 5.91 Å². The van der Waals surface area contributed by atoms with Gasteiger partial charge in [-0.25, -0.2) is 4.98 Å². The summed E-state index contributed by atoms with van der Waals surface area (Å²) in [5.41, 5.74) is 1.11. The van der Waals surface area contributed by atoms with Gasteiger partial charge < -0.3 is 23.4 Å².